The Morgan fingerprint density at radius 3 is 2.41 bits per heavy atom. The van der Waals surface area contributed by atoms with Gasteiger partial charge in [0.25, 0.3) is 0 Å². The van der Waals surface area contributed by atoms with Crippen LogP contribution < -0.4 is 0 Å². The number of aromatic nitrogens is 2. The Balaban J connectivity index is 1.30. The second-order valence-electron chi connectivity index (χ2n) is 9.59. The van der Waals surface area contributed by atoms with Crippen molar-refractivity contribution in [2.24, 2.45) is 17.3 Å². The van der Waals surface area contributed by atoms with E-state index < -0.39 is 5.97 Å². The summed E-state index contributed by atoms with van der Waals surface area (Å²) in [4.78, 5) is 24.2. The fraction of sp³-hybridized carbons (Fsp3) is 0.400. The predicted molar refractivity (Wildman–Crippen MR) is 127 cm³/mol. The standard InChI is InChI=1S/C25H24BrClN2O3/c26-19-3-1-15(2-4-19)14-29-24-18(13-28-29)7-20(27)8-21(24)22(30)5-16-9-25(10-16)11-17(12-25)6-23(31)32/h1-4,7-8,13,16-17H,5-6,9-12,14H2,(H,31,32). The number of hydrogen-bond acceptors (Lipinski definition) is 3. The van der Waals surface area contributed by atoms with Gasteiger partial charge in [-0.25, -0.2) is 0 Å². The van der Waals surface area contributed by atoms with Crippen molar-refractivity contribution >= 4 is 50.2 Å². The van der Waals surface area contributed by atoms with Crippen LogP contribution in [0.25, 0.3) is 10.9 Å². The van der Waals surface area contributed by atoms with E-state index in [9.17, 15) is 9.59 Å². The molecule has 1 aromatic heterocycles. The number of carbonyl (C=O) groups is 2. The molecule has 0 aliphatic heterocycles. The highest BCUT2D eigenvalue weighted by Gasteiger charge is 2.53. The Labute approximate surface area is 199 Å². The Hall–Kier alpha value is -2.18. The van der Waals surface area contributed by atoms with Gasteiger partial charge in [0.1, 0.15) is 0 Å². The summed E-state index contributed by atoms with van der Waals surface area (Å²) in [5.74, 6) is 0.0757. The van der Waals surface area contributed by atoms with Gasteiger partial charge in [-0.3, -0.25) is 14.3 Å². The number of benzene rings is 2. The SMILES string of the molecule is O=C(O)CC1CC2(C1)CC(CC(=O)c1cc(Cl)cc3cnn(Cc4ccc(Br)cc4)c13)C2. The zero-order valence-corrected chi connectivity index (χ0v) is 19.9. The lowest BCUT2D eigenvalue weighted by atomic mass is 9.47. The third-order valence-electron chi connectivity index (χ3n) is 7.07. The van der Waals surface area contributed by atoms with E-state index >= 15 is 0 Å². The summed E-state index contributed by atoms with van der Waals surface area (Å²) in [5, 5.41) is 14.9. The van der Waals surface area contributed by atoms with E-state index in [4.69, 9.17) is 16.7 Å². The second-order valence-corrected chi connectivity index (χ2v) is 10.9. The molecule has 0 unspecified atom stereocenters. The molecule has 2 aliphatic carbocycles. The third kappa shape index (κ3) is 4.23. The lowest BCUT2D eigenvalue weighted by Gasteiger charge is -2.58. The van der Waals surface area contributed by atoms with E-state index in [2.05, 4.69) is 21.0 Å². The lowest BCUT2D eigenvalue weighted by molar-refractivity contribution is -0.142. The number of carboxylic acid groups (broad SMARTS) is 1. The Kier molecular flexibility index (Phi) is 5.62. The molecule has 0 saturated heterocycles. The van der Waals surface area contributed by atoms with E-state index in [0.717, 1.165) is 46.6 Å². The number of hydrogen-bond donors (Lipinski definition) is 1. The lowest BCUT2D eigenvalue weighted by Crippen LogP contribution is -2.48. The summed E-state index contributed by atoms with van der Waals surface area (Å²) in [7, 11) is 0. The highest BCUT2D eigenvalue weighted by Crippen LogP contribution is 2.62. The number of halogens is 2. The number of aliphatic carboxylic acids is 1. The predicted octanol–water partition coefficient (Wildman–Crippen LogP) is 6.35. The van der Waals surface area contributed by atoms with E-state index in [1.165, 1.54) is 0 Å². The van der Waals surface area contributed by atoms with Crippen molar-refractivity contribution in [3.63, 3.8) is 0 Å². The number of nitrogens with zero attached hydrogens (tertiary/aromatic N) is 2. The Bertz CT molecular complexity index is 1190. The Morgan fingerprint density at radius 1 is 1.09 bits per heavy atom. The fourth-order valence-electron chi connectivity index (χ4n) is 5.86. The number of fused-ring (bicyclic) bond motifs is 1. The van der Waals surface area contributed by atoms with Crippen LogP contribution in [0.4, 0.5) is 0 Å². The average molecular weight is 516 g/mol. The monoisotopic (exact) mass is 514 g/mol. The third-order valence-corrected chi connectivity index (χ3v) is 7.82. The molecule has 1 heterocycles. The normalized spacial score (nSPS) is 24.3. The first-order valence-electron chi connectivity index (χ1n) is 10.9. The van der Waals surface area contributed by atoms with Gasteiger partial charge < -0.3 is 5.11 Å². The molecule has 32 heavy (non-hydrogen) atoms. The number of carboxylic acids is 1. The zero-order chi connectivity index (χ0) is 22.5. The smallest absolute Gasteiger partial charge is 0.303 e. The minimum Gasteiger partial charge on any atom is -0.481 e. The Morgan fingerprint density at radius 2 is 1.75 bits per heavy atom. The van der Waals surface area contributed by atoms with Crippen molar-refractivity contribution in [1.82, 2.24) is 9.78 Å². The fourth-order valence-corrected chi connectivity index (χ4v) is 6.35. The van der Waals surface area contributed by atoms with Crippen molar-refractivity contribution < 1.29 is 14.7 Å². The van der Waals surface area contributed by atoms with Crippen LogP contribution in [0.2, 0.25) is 5.02 Å². The molecule has 2 saturated carbocycles. The van der Waals surface area contributed by atoms with E-state index in [1.54, 1.807) is 12.3 Å². The van der Waals surface area contributed by atoms with Crippen molar-refractivity contribution in [2.45, 2.75) is 45.1 Å². The van der Waals surface area contributed by atoms with Gasteiger partial charge >= 0.3 is 5.97 Å². The molecule has 2 aromatic carbocycles. The largest absolute Gasteiger partial charge is 0.481 e. The minimum absolute atomic E-state index is 0.108. The van der Waals surface area contributed by atoms with Gasteiger partial charge in [-0.15, -0.1) is 0 Å². The molecule has 2 aliphatic rings. The van der Waals surface area contributed by atoms with Crippen molar-refractivity contribution in [2.75, 3.05) is 0 Å². The van der Waals surface area contributed by atoms with Gasteiger partial charge in [0.15, 0.2) is 5.78 Å². The molecule has 1 N–H and O–H groups in total. The summed E-state index contributed by atoms with van der Waals surface area (Å²) in [5.41, 5.74) is 2.87. The molecular formula is C25H24BrClN2O3. The molecule has 3 aromatic rings. The van der Waals surface area contributed by atoms with E-state index in [-0.39, 0.29) is 17.6 Å². The summed E-state index contributed by atoms with van der Waals surface area (Å²) in [6, 6.07) is 11.7. The molecule has 5 nitrogen and oxygen atoms in total. The van der Waals surface area contributed by atoms with Crippen LogP contribution in [0.3, 0.4) is 0 Å². The molecule has 5 rings (SSSR count). The number of Topliss-reactive ketones (excluding diaryl/α,β-unsaturated/α-hetero) is 1. The molecular weight excluding hydrogens is 492 g/mol. The maximum absolute atomic E-state index is 13.3. The van der Waals surface area contributed by atoms with Crippen molar-refractivity contribution in [3.8, 4) is 0 Å². The molecule has 166 valence electrons. The number of ketones is 1. The molecule has 0 atom stereocenters. The minimum atomic E-state index is -0.708. The first-order valence-corrected chi connectivity index (χ1v) is 12.1. The maximum atomic E-state index is 13.3. The molecule has 0 amide bonds. The quantitative estimate of drug-likeness (QED) is 0.372. The molecule has 0 radical (unpaired) electrons. The first kappa shape index (κ1) is 21.7. The van der Waals surface area contributed by atoms with Crippen LogP contribution >= 0.6 is 27.5 Å². The van der Waals surface area contributed by atoms with Gasteiger partial charge in [0, 0.05) is 33.3 Å². The first-order chi connectivity index (χ1) is 15.3. The van der Waals surface area contributed by atoms with Crippen LogP contribution in [0, 0.1) is 17.3 Å². The van der Waals surface area contributed by atoms with Crippen molar-refractivity contribution in [1.29, 1.82) is 0 Å². The van der Waals surface area contributed by atoms with Crippen LogP contribution in [0.5, 0.6) is 0 Å². The van der Waals surface area contributed by atoms with Gasteiger partial charge in [-0.1, -0.05) is 39.7 Å². The second kappa shape index (κ2) is 8.31. The summed E-state index contributed by atoms with van der Waals surface area (Å²) in [6.07, 6.45) is 6.58. The number of carbonyl (C=O) groups excluding carboxylic acids is 1. The number of rotatable bonds is 7. The summed E-state index contributed by atoms with van der Waals surface area (Å²) in [6.45, 7) is 0.580. The zero-order valence-electron chi connectivity index (χ0n) is 17.6. The molecule has 1 spiro atoms. The van der Waals surface area contributed by atoms with Crippen molar-refractivity contribution in [3.05, 3.63) is 63.2 Å². The molecule has 0 bridgehead atoms. The summed E-state index contributed by atoms with van der Waals surface area (Å²) < 4.78 is 2.90. The van der Waals surface area contributed by atoms with E-state index in [1.807, 2.05) is 35.0 Å². The average Bonchev–Trinajstić information content (AvgIpc) is 3.07. The maximum Gasteiger partial charge on any atom is 0.303 e. The van der Waals surface area contributed by atoms with E-state index in [0.29, 0.717) is 35.4 Å². The van der Waals surface area contributed by atoms with Gasteiger partial charge in [0.2, 0.25) is 0 Å². The van der Waals surface area contributed by atoms with Gasteiger partial charge in [-0.05, 0) is 72.8 Å². The van der Waals surface area contributed by atoms with Crippen LogP contribution in [-0.2, 0) is 11.3 Å². The molecule has 2 fully saturated rings. The highest BCUT2D eigenvalue weighted by atomic mass is 79.9. The van der Waals surface area contributed by atoms with Crippen LogP contribution in [-0.4, -0.2) is 26.6 Å². The summed E-state index contributed by atoms with van der Waals surface area (Å²) >= 11 is 9.79. The highest BCUT2D eigenvalue weighted by molar-refractivity contribution is 9.10. The molecule has 7 heteroatoms. The van der Waals surface area contributed by atoms with Crippen LogP contribution in [0.1, 0.15) is 54.4 Å². The van der Waals surface area contributed by atoms with Gasteiger partial charge in [-0.2, -0.15) is 5.10 Å². The van der Waals surface area contributed by atoms with Crippen LogP contribution in [0.15, 0.2) is 47.1 Å². The van der Waals surface area contributed by atoms with Gasteiger partial charge in [0.05, 0.1) is 18.3 Å². The topological polar surface area (TPSA) is 72.2 Å².